The van der Waals surface area contributed by atoms with Gasteiger partial charge in [-0.05, 0) is 52.2 Å². The summed E-state index contributed by atoms with van der Waals surface area (Å²) in [6, 6.07) is 13.9. The number of amides is 1. The number of thiophene rings is 1. The molecular formula is C20H17BrN2O2S. The predicted octanol–water partition coefficient (Wildman–Crippen LogP) is 5.35. The summed E-state index contributed by atoms with van der Waals surface area (Å²) in [5.41, 5.74) is 4.12. The molecule has 0 saturated heterocycles. The molecule has 0 unspecified atom stereocenters. The third kappa shape index (κ3) is 3.22. The highest BCUT2D eigenvalue weighted by Crippen LogP contribution is 2.34. The molecule has 4 aromatic rings. The molecular weight excluding hydrogens is 412 g/mol. The van der Waals surface area contributed by atoms with Crippen LogP contribution in [0.1, 0.15) is 27.4 Å². The molecule has 3 aromatic heterocycles. The van der Waals surface area contributed by atoms with Crippen LogP contribution < -0.4 is 5.32 Å². The maximum absolute atomic E-state index is 12.8. The number of furan rings is 1. The number of fused-ring (bicyclic) bond motifs is 1. The number of hydrogen-bond donors (Lipinski definition) is 1. The molecule has 0 bridgehead atoms. The number of carbonyl (C=O) groups excluding carboxylic acids is 1. The minimum absolute atomic E-state index is 0.106. The van der Waals surface area contributed by atoms with Crippen LogP contribution in [0.4, 0.5) is 0 Å². The molecule has 0 aliphatic carbocycles. The van der Waals surface area contributed by atoms with E-state index in [9.17, 15) is 4.79 Å². The first-order valence-corrected chi connectivity index (χ1v) is 9.92. The average Bonchev–Trinajstić information content (AvgIpc) is 3.34. The van der Waals surface area contributed by atoms with E-state index in [1.807, 2.05) is 30.3 Å². The fraction of sp³-hybridized carbons (Fsp3) is 0.150. The van der Waals surface area contributed by atoms with Gasteiger partial charge in [0, 0.05) is 11.9 Å². The van der Waals surface area contributed by atoms with Gasteiger partial charge in [-0.15, -0.1) is 11.3 Å². The van der Waals surface area contributed by atoms with Gasteiger partial charge in [0.1, 0.15) is 11.5 Å². The molecule has 1 aromatic carbocycles. The first kappa shape index (κ1) is 17.1. The summed E-state index contributed by atoms with van der Waals surface area (Å²) in [5.74, 6) is 0.628. The molecule has 0 aliphatic heterocycles. The van der Waals surface area contributed by atoms with E-state index in [4.69, 9.17) is 4.42 Å². The van der Waals surface area contributed by atoms with E-state index in [0.717, 1.165) is 20.4 Å². The van der Waals surface area contributed by atoms with Crippen LogP contribution in [0.5, 0.6) is 0 Å². The Hall–Kier alpha value is -2.31. The van der Waals surface area contributed by atoms with Gasteiger partial charge in [-0.25, -0.2) is 0 Å². The van der Waals surface area contributed by atoms with Crippen molar-refractivity contribution < 1.29 is 9.21 Å². The Morgan fingerprint density at radius 2 is 2.12 bits per heavy atom. The molecule has 132 valence electrons. The lowest BCUT2D eigenvalue weighted by Crippen LogP contribution is -2.25. The van der Waals surface area contributed by atoms with E-state index >= 15 is 0 Å². The van der Waals surface area contributed by atoms with Gasteiger partial charge in [-0.2, -0.15) is 0 Å². The van der Waals surface area contributed by atoms with Gasteiger partial charge in [0.2, 0.25) is 0 Å². The number of aromatic nitrogens is 1. The zero-order valence-corrected chi connectivity index (χ0v) is 16.6. The van der Waals surface area contributed by atoms with Gasteiger partial charge in [-0.1, -0.05) is 24.3 Å². The van der Waals surface area contributed by atoms with Crippen LogP contribution in [0.25, 0.3) is 10.2 Å². The second-order valence-corrected chi connectivity index (χ2v) is 7.87. The predicted molar refractivity (Wildman–Crippen MR) is 108 cm³/mol. The van der Waals surface area contributed by atoms with Crippen LogP contribution in [0.3, 0.4) is 0 Å². The number of rotatable bonds is 5. The van der Waals surface area contributed by atoms with Gasteiger partial charge in [0.05, 0.1) is 27.5 Å². The molecule has 4 rings (SSSR count). The van der Waals surface area contributed by atoms with E-state index in [1.54, 1.807) is 17.6 Å². The first-order valence-electron chi connectivity index (χ1n) is 8.25. The summed E-state index contributed by atoms with van der Waals surface area (Å²) in [6.07, 6.45) is 1.61. The van der Waals surface area contributed by atoms with Crippen LogP contribution in [-0.4, -0.2) is 10.5 Å². The fourth-order valence-electron chi connectivity index (χ4n) is 3.01. The molecule has 4 nitrogen and oxygen atoms in total. The highest BCUT2D eigenvalue weighted by molar-refractivity contribution is 9.10. The smallest absolute Gasteiger partial charge is 0.268 e. The Morgan fingerprint density at radius 3 is 2.88 bits per heavy atom. The molecule has 0 spiro atoms. The maximum Gasteiger partial charge on any atom is 0.268 e. The van der Waals surface area contributed by atoms with Crippen LogP contribution in [0.15, 0.2) is 63.0 Å². The van der Waals surface area contributed by atoms with Crippen molar-refractivity contribution in [2.75, 3.05) is 0 Å². The van der Waals surface area contributed by atoms with Crippen LogP contribution in [0.2, 0.25) is 0 Å². The monoisotopic (exact) mass is 428 g/mol. The van der Waals surface area contributed by atoms with Crippen molar-refractivity contribution in [1.82, 2.24) is 9.88 Å². The number of hydrogen-bond acceptors (Lipinski definition) is 3. The van der Waals surface area contributed by atoms with Gasteiger partial charge in [0.15, 0.2) is 0 Å². The van der Waals surface area contributed by atoms with Crippen molar-refractivity contribution in [1.29, 1.82) is 0 Å². The van der Waals surface area contributed by atoms with Crippen molar-refractivity contribution in [3.63, 3.8) is 0 Å². The quantitative estimate of drug-likeness (QED) is 0.465. The van der Waals surface area contributed by atoms with E-state index < -0.39 is 0 Å². The summed E-state index contributed by atoms with van der Waals surface area (Å²) in [7, 11) is 0. The molecule has 1 amide bonds. The van der Waals surface area contributed by atoms with E-state index in [1.165, 1.54) is 11.1 Å². The maximum atomic E-state index is 12.8. The second-order valence-electron chi connectivity index (χ2n) is 6.10. The minimum atomic E-state index is -0.106. The largest absolute Gasteiger partial charge is 0.467 e. The topological polar surface area (TPSA) is 47.2 Å². The van der Waals surface area contributed by atoms with E-state index in [2.05, 4.69) is 50.3 Å². The van der Waals surface area contributed by atoms with Crippen molar-refractivity contribution in [3.8, 4) is 0 Å². The number of benzene rings is 1. The summed E-state index contributed by atoms with van der Waals surface area (Å²) in [5, 5.41) is 5.01. The Bertz CT molecular complexity index is 1060. The number of nitrogens with one attached hydrogen (secondary N) is 1. The minimum Gasteiger partial charge on any atom is -0.467 e. The zero-order valence-electron chi connectivity index (χ0n) is 14.2. The molecule has 6 heteroatoms. The van der Waals surface area contributed by atoms with Crippen LogP contribution >= 0.6 is 27.3 Å². The summed E-state index contributed by atoms with van der Waals surface area (Å²) in [6.45, 7) is 3.11. The van der Waals surface area contributed by atoms with Crippen LogP contribution in [-0.2, 0) is 13.1 Å². The van der Waals surface area contributed by atoms with Gasteiger partial charge in [-0.3, -0.25) is 4.79 Å². The highest BCUT2D eigenvalue weighted by atomic mass is 79.9. The Morgan fingerprint density at radius 1 is 1.27 bits per heavy atom. The molecule has 0 fully saturated rings. The second kappa shape index (κ2) is 7.13. The number of carbonyl (C=O) groups is 1. The summed E-state index contributed by atoms with van der Waals surface area (Å²) < 4.78 is 9.48. The molecule has 0 saturated carbocycles. The van der Waals surface area contributed by atoms with E-state index in [0.29, 0.717) is 18.8 Å². The lowest BCUT2D eigenvalue weighted by Gasteiger charge is -2.13. The Kier molecular flexibility index (Phi) is 4.70. The van der Waals surface area contributed by atoms with Crippen LogP contribution in [0, 0.1) is 6.92 Å². The van der Waals surface area contributed by atoms with Gasteiger partial charge in [0.25, 0.3) is 5.91 Å². The lowest BCUT2D eigenvalue weighted by molar-refractivity contribution is 0.0939. The Balaban J connectivity index is 1.70. The van der Waals surface area contributed by atoms with E-state index in [-0.39, 0.29) is 5.91 Å². The van der Waals surface area contributed by atoms with Gasteiger partial charge >= 0.3 is 0 Å². The van der Waals surface area contributed by atoms with Crippen molar-refractivity contribution in [2.45, 2.75) is 20.0 Å². The van der Waals surface area contributed by atoms with Gasteiger partial charge < -0.3 is 14.3 Å². The normalized spacial score (nSPS) is 11.2. The molecule has 1 N–H and O–H groups in total. The molecule has 0 atom stereocenters. The molecule has 0 radical (unpaired) electrons. The highest BCUT2D eigenvalue weighted by Gasteiger charge is 2.19. The number of aryl methyl sites for hydroxylation is 1. The fourth-order valence-corrected chi connectivity index (χ4v) is 4.71. The summed E-state index contributed by atoms with van der Waals surface area (Å²) in [4.78, 5) is 12.8. The lowest BCUT2D eigenvalue weighted by atomic mass is 10.1. The summed E-state index contributed by atoms with van der Waals surface area (Å²) >= 11 is 5.26. The number of halogens is 1. The average molecular weight is 429 g/mol. The SMILES string of the molecule is Cc1ccccc1Cn1c(C(=O)NCc2ccco2)cc2scc(Br)c21. The third-order valence-corrected chi connectivity index (χ3v) is 6.23. The van der Waals surface area contributed by atoms with Crippen molar-refractivity contribution >= 4 is 43.4 Å². The Labute approximate surface area is 163 Å². The zero-order chi connectivity index (χ0) is 18.1. The first-order chi connectivity index (χ1) is 12.6. The van der Waals surface area contributed by atoms with Crippen molar-refractivity contribution in [3.05, 3.63) is 81.2 Å². The third-order valence-electron chi connectivity index (χ3n) is 4.40. The number of nitrogens with zero attached hydrogens (tertiary/aromatic N) is 1. The molecule has 3 heterocycles. The van der Waals surface area contributed by atoms with Crippen molar-refractivity contribution in [2.24, 2.45) is 0 Å². The molecule has 0 aliphatic rings. The standard InChI is InChI=1S/C20H17BrN2O2S/c1-13-5-2-3-6-14(13)11-23-17(9-18-19(23)16(21)12-26-18)20(24)22-10-15-7-4-8-25-15/h2-9,12H,10-11H2,1H3,(H,22,24). The molecule has 26 heavy (non-hydrogen) atoms.